The van der Waals surface area contributed by atoms with Gasteiger partial charge in [0.05, 0.1) is 18.8 Å². The van der Waals surface area contributed by atoms with E-state index in [1.807, 2.05) is 0 Å². The molecule has 0 saturated heterocycles. The molecule has 0 bridgehead atoms. The van der Waals surface area contributed by atoms with Gasteiger partial charge in [0.25, 0.3) is 4.96 Å². The summed E-state index contributed by atoms with van der Waals surface area (Å²) >= 11 is 1.26. The number of hydrogen-bond donors (Lipinski definition) is 3. The van der Waals surface area contributed by atoms with Gasteiger partial charge in [-0.1, -0.05) is 11.3 Å². The van der Waals surface area contributed by atoms with Gasteiger partial charge in [0, 0.05) is 5.38 Å². The predicted molar refractivity (Wildman–Crippen MR) is 65.9 cm³/mol. The maximum absolute atomic E-state index is 11.0. The van der Waals surface area contributed by atoms with Gasteiger partial charge in [0.2, 0.25) is 5.82 Å². The molecule has 0 aliphatic rings. The van der Waals surface area contributed by atoms with E-state index in [0.717, 1.165) is 0 Å². The first-order valence-corrected chi connectivity index (χ1v) is 5.98. The summed E-state index contributed by atoms with van der Waals surface area (Å²) < 4.78 is 1.35. The van der Waals surface area contributed by atoms with E-state index >= 15 is 0 Å². The lowest BCUT2D eigenvalue weighted by molar-refractivity contribution is -0.389. The zero-order valence-electron chi connectivity index (χ0n) is 9.53. The minimum Gasteiger partial charge on any atom is -0.394 e. The minimum absolute atomic E-state index is 0.0393. The first-order valence-electron chi connectivity index (χ1n) is 5.10. The summed E-state index contributed by atoms with van der Waals surface area (Å²) in [6.45, 7) is 0.807. The molecule has 2 aromatic rings. The molecular weight excluding hydrogens is 260 g/mol. The van der Waals surface area contributed by atoms with Crippen LogP contribution >= 0.6 is 11.3 Å². The minimum atomic E-state index is -1.06. The fourth-order valence-electron chi connectivity index (χ4n) is 1.45. The van der Waals surface area contributed by atoms with Crippen LogP contribution in [0.2, 0.25) is 0 Å². The second-order valence-electron chi connectivity index (χ2n) is 4.10. The van der Waals surface area contributed by atoms with Crippen molar-refractivity contribution in [3.8, 4) is 0 Å². The smallest absolute Gasteiger partial charge is 0.372 e. The topological polar surface area (TPSA) is 113 Å². The number of imidazole rings is 1. The van der Waals surface area contributed by atoms with E-state index in [1.165, 1.54) is 15.7 Å². The number of fused-ring (bicyclic) bond motifs is 1. The second kappa shape index (κ2) is 4.52. The van der Waals surface area contributed by atoms with Crippen LogP contribution in [-0.4, -0.2) is 43.3 Å². The Morgan fingerprint density at radius 1 is 1.61 bits per heavy atom. The predicted octanol–water partition coefficient (Wildman–Crippen LogP) is 0.459. The molecule has 0 aromatic carbocycles. The molecule has 0 spiro atoms. The molecule has 3 N–H and O–H groups in total. The first kappa shape index (κ1) is 12.7. The third kappa shape index (κ3) is 2.03. The number of nitrogens with zero attached hydrogens (tertiary/aromatic N) is 3. The summed E-state index contributed by atoms with van der Waals surface area (Å²) in [5.41, 5.74) is -1.06. The fourth-order valence-corrected chi connectivity index (χ4v) is 2.16. The first-order chi connectivity index (χ1) is 8.50. The normalized spacial score (nSPS) is 11.9. The van der Waals surface area contributed by atoms with Crippen molar-refractivity contribution in [1.82, 2.24) is 9.38 Å². The number of aliphatic hydroxyl groups excluding tert-OH is 2. The molecule has 98 valence electrons. The Morgan fingerprint density at radius 2 is 2.28 bits per heavy atom. The summed E-state index contributed by atoms with van der Waals surface area (Å²) in [4.78, 5) is 15.0. The van der Waals surface area contributed by atoms with Crippen LogP contribution in [0.15, 0.2) is 11.6 Å². The second-order valence-corrected chi connectivity index (χ2v) is 4.97. The van der Waals surface area contributed by atoms with Crippen molar-refractivity contribution in [3.63, 3.8) is 0 Å². The van der Waals surface area contributed by atoms with Crippen LogP contribution in [0.5, 0.6) is 0 Å². The molecule has 0 aliphatic carbocycles. The molecule has 0 saturated carbocycles. The van der Waals surface area contributed by atoms with Crippen molar-refractivity contribution in [2.45, 2.75) is 12.5 Å². The van der Waals surface area contributed by atoms with Crippen LogP contribution in [0, 0.1) is 10.1 Å². The van der Waals surface area contributed by atoms with Crippen LogP contribution in [0.25, 0.3) is 4.96 Å². The highest BCUT2D eigenvalue weighted by molar-refractivity contribution is 7.15. The number of nitrogens with one attached hydrogen (secondary N) is 1. The van der Waals surface area contributed by atoms with Crippen LogP contribution < -0.4 is 5.32 Å². The van der Waals surface area contributed by atoms with Crippen molar-refractivity contribution < 1.29 is 15.1 Å². The van der Waals surface area contributed by atoms with Crippen LogP contribution in [0.3, 0.4) is 0 Å². The molecule has 0 unspecified atom stereocenters. The molecule has 0 radical (unpaired) electrons. The third-order valence-corrected chi connectivity index (χ3v) is 3.28. The van der Waals surface area contributed by atoms with E-state index in [4.69, 9.17) is 0 Å². The molecule has 9 heteroatoms. The molecule has 0 aliphatic heterocycles. The summed E-state index contributed by atoms with van der Waals surface area (Å²) in [5, 5.41) is 33.8. The largest absolute Gasteiger partial charge is 0.394 e. The molecule has 2 rings (SSSR count). The maximum atomic E-state index is 11.0. The molecule has 8 nitrogen and oxygen atoms in total. The van der Waals surface area contributed by atoms with E-state index in [2.05, 4.69) is 10.3 Å². The molecule has 18 heavy (non-hydrogen) atoms. The quantitative estimate of drug-likeness (QED) is 0.538. The van der Waals surface area contributed by atoms with Crippen LogP contribution in [0.1, 0.15) is 6.92 Å². The third-order valence-electron chi connectivity index (χ3n) is 2.53. The number of hydrogen-bond acceptors (Lipinski definition) is 7. The van der Waals surface area contributed by atoms with Gasteiger partial charge in [-0.25, -0.2) is 0 Å². The average molecular weight is 272 g/mol. The Bertz CT molecular complexity index is 574. The number of aromatic nitrogens is 2. The molecule has 0 atom stereocenters. The van der Waals surface area contributed by atoms with E-state index in [-0.39, 0.29) is 24.8 Å². The van der Waals surface area contributed by atoms with Crippen LogP contribution in [-0.2, 0) is 0 Å². The summed E-state index contributed by atoms with van der Waals surface area (Å²) in [6, 6.07) is 0. The Labute approximate surface area is 106 Å². The molecule has 0 amide bonds. The van der Waals surface area contributed by atoms with E-state index in [1.54, 1.807) is 18.5 Å². The monoisotopic (exact) mass is 272 g/mol. The highest BCUT2D eigenvalue weighted by Gasteiger charge is 2.30. The molecule has 2 aromatic heterocycles. The molecular formula is C9H12N4O4S. The van der Waals surface area contributed by atoms with Gasteiger partial charge in [0.15, 0.2) is 0 Å². The lowest BCUT2D eigenvalue weighted by atomic mass is 10.1. The Kier molecular flexibility index (Phi) is 3.20. The van der Waals surface area contributed by atoms with Crippen molar-refractivity contribution in [2.75, 3.05) is 18.5 Å². The SMILES string of the molecule is CC(CO)(CO)Nc1nc2sccn2c1[N+](=O)[O-]. The van der Waals surface area contributed by atoms with Gasteiger partial charge in [-0.3, -0.25) is 0 Å². The lowest BCUT2D eigenvalue weighted by Gasteiger charge is -2.25. The zero-order valence-corrected chi connectivity index (χ0v) is 10.3. The lowest BCUT2D eigenvalue weighted by Crippen LogP contribution is -2.42. The fraction of sp³-hybridized carbons (Fsp3) is 0.444. The van der Waals surface area contributed by atoms with Gasteiger partial charge in [-0.05, 0) is 11.8 Å². The standard InChI is InChI=1S/C9H12N4O4S/c1-9(4-14,5-15)11-6-7(13(16)17)12-2-3-18-8(12)10-6/h2-3,11,14-15H,4-5H2,1H3. The highest BCUT2D eigenvalue weighted by Crippen LogP contribution is 2.29. The number of thiazole rings is 1. The maximum Gasteiger partial charge on any atom is 0.372 e. The summed E-state index contributed by atoms with van der Waals surface area (Å²) in [5.74, 6) is -0.170. The van der Waals surface area contributed by atoms with Crippen molar-refractivity contribution in [1.29, 1.82) is 0 Å². The van der Waals surface area contributed by atoms with E-state index in [0.29, 0.717) is 4.96 Å². The van der Waals surface area contributed by atoms with Crippen molar-refractivity contribution >= 4 is 27.9 Å². The van der Waals surface area contributed by atoms with Gasteiger partial charge in [-0.2, -0.15) is 9.38 Å². The van der Waals surface area contributed by atoms with Gasteiger partial charge >= 0.3 is 5.82 Å². The Balaban J connectivity index is 2.47. The van der Waals surface area contributed by atoms with E-state index < -0.39 is 10.5 Å². The number of rotatable bonds is 5. The average Bonchev–Trinajstić information content (AvgIpc) is 2.88. The summed E-state index contributed by atoms with van der Waals surface area (Å²) in [6.07, 6.45) is 1.55. The number of aliphatic hydroxyl groups is 2. The highest BCUT2D eigenvalue weighted by atomic mass is 32.1. The molecule has 2 heterocycles. The zero-order chi connectivity index (χ0) is 13.3. The van der Waals surface area contributed by atoms with Gasteiger partial charge in [0.1, 0.15) is 6.20 Å². The van der Waals surface area contributed by atoms with Crippen molar-refractivity contribution in [2.24, 2.45) is 0 Å². The van der Waals surface area contributed by atoms with Gasteiger partial charge in [-0.15, -0.1) is 0 Å². The number of nitro groups is 1. The number of anilines is 1. The van der Waals surface area contributed by atoms with Crippen LogP contribution in [0.4, 0.5) is 11.6 Å². The Morgan fingerprint density at radius 3 is 2.83 bits per heavy atom. The van der Waals surface area contributed by atoms with Crippen molar-refractivity contribution in [3.05, 3.63) is 21.7 Å². The van der Waals surface area contributed by atoms with Gasteiger partial charge < -0.3 is 25.6 Å². The molecule has 0 fully saturated rings. The van der Waals surface area contributed by atoms with E-state index in [9.17, 15) is 20.3 Å². The Hall–Kier alpha value is -1.71. The summed E-state index contributed by atoms with van der Waals surface area (Å²) in [7, 11) is 0.